The van der Waals surface area contributed by atoms with Crippen LogP contribution in [0.4, 0.5) is 0 Å². The van der Waals surface area contributed by atoms with E-state index in [1.54, 1.807) is 7.11 Å². The molecule has 1 aromatic rings. The molecule has 0 bridgehead atoms. The van der Waals surface area contributed by atoms with E-state index in [1.807, 2.05) is 18.2 Å². The first-order chi connectivity index (χ1) is 7.09. The van der Waals surface area contributed by atoms with Crippen molar-refractivity contribution < 1.29 is 4.74 Å². The van der Waals surface area contributed by atoms with E-state index < -0.39 is 0 Å². The molecule has 0 aromatic heterocycles. The van der Waals surface area contributed by atoms with E-state index in [0.717, 1.165) is 18.7 Å². The standard InChI is InChI=1S/C13H21NO/c1-5-13(2,3)14-10-11-8-6-7-9-12(11)15-4/h6-9,14H,5,10H2,1-4H3. The van der Waals surface area contributed by atoms with Gasteiger partial charge < -0.3 is 10.1 Å². The van der Waals surface area contributed by atoms with Crippen molar-refractivity contribution in [3.63, 3.8) is 0 Å². The van der Waals surface area contributed by atoms with Gasteiger partial charge in [-0.15, -0.1) is 0 Å². The van der Waals surface area contributed by atoms with E-state index in [1.165, 1.54) is 5.56 Å². The van der Waals surface area contributed by atoms with Gasteiger partial charge in [-0.05, 0) is 26.3 Å². The highest BCUT2D eigenvalue weighted by Crippen LogP contribution is 2.18. The predicted molar refractivity (Wildman–Crippen MR) is 64.2 cm³/mol. The molecule has 0 unspecified atom stereocenters. The average molecular weight is 207 g/mol. The minimum Gasteiger partial charge on any atom is -0.496 e. The molecule has 0 aliphatic heterocycles. The van der Waals surface area contributed by atoms with Crippen LogP contribution in [-0.4, -0.2) is 12.6 Å². The Balaban J connectivity index is 2.65. The number of para-hydroxylation sites is 1. The van der Waals surface area contributed by atoms with Crippen molar-refractivity contribution in [1.82, 2.24) is 5.32 Å². The molecule has 0 saturated carbocycles. The monoisotopic (exact) mass is 207 g/mol. The van der Waals surface area contributed by atoms with Gasteiger partial charge in [-0.3, -0.25) is 0 Å². The van der Waals surface area contributed by atoms with Gasteiger partial charge in [0.15, 0.2) is 0 Å². The molecule has 1 rings (SSSR count). The van der Waals surface area contributed by atoms with E-state index in [-0.39, 0.29) is 5.54 Å². The minimum absolute atomic E-state index is 0.181. The van der Waals surface area contributed by atoms with Crippen LogP contribution in [0, 0.1) is 0 Å². The maximum atomic E-state index is 5.30. The smallest absolute Gasteiger partial charge is 0.123 e. The SMILES string of the molecule is CCC(C)(C)NCc1ccccc1OC. The van der Waals surface area contributed by atoms with Crippen LogP contribution in [0.15, 0.2) is 24.3 Å². The average Bonchev–Trinajstić information content (AvgIpc) is 2.27. The molecule has 0 radical (unpaired) electrons. The molecular formula is C13H21NO. The molecule has 2 nitrogen and oxygen atoms in total. The fraction of sp³-hybridized carbons (Fsp3) is 0.538. The van der Waals surface area contributed by atoms with Crippen LogP contribution in [-0.2, 0) is 6.54 Å². The number of hydrogen-bond donors (Lipinski definition) is 1. The first-order valence-corrected chi connectivity index (χ1v) is 5.46. The summed E-state index contributed by atoms with van der Waals surface area (Å²) >= 11 is 0. The van der Waals surface area contributed by atoms with E-state index in [4.69, 9.17) is 4.74 Å². The molecule has 0 fully saturated rings. The quantitative estimate of drug-likeness (QED) is 0.801. The molecule has 0 saturated heterocycles. The van der Waals surface area contributed by atoms with Crippen LogP contribution in [0.5, 0.6) is 5.75 Å². The fourth-order valence-electron chi connectivity index (χ4n) is 1.31. The lowest BCUT2D eigenvalue weighted by Gasteiger charge is -2.25. The third kappa shape index (κ3) is 3.56. The summed E-state index contributed by atoms with van der Waals surface area (Å²) < 4.78 is 5.30. The van der Waals surface area contributed by atoms with Gasteiger partial charge in [0.2, 0.25) is 0 Å². The molecule has 0 aliphatic rings. The van der Waals surface area contributed by atoms with Crippen molar-refractivity contribution in [1.29, 1.82) is 0 Å². The van der Waals surface area contributed by atoms with Crippen molar-refractivity contribution in [2.75, 3.05) is 7.11 Å². The molecule has 2 heteroatoms. The first kappa shape index (κ1) is 12.1. The molecule has 1 N–H and O–H groups in total. The third-order valence-electron chi connectivity index (χ3n) is 2.83. The Labute approximate surface area is 92.6 Å². The van der Waals surface area contributed by atoms with Crippen LogP contribution in [0.3, 0.4) is 0 Å². The predicted octanol–water partition coefficient (Wildman–Crippen LogP) is 2.97. The number of hydrogen-bond acceptors (Lipinski definition) is 2. The van der Waals surface area contributed by atoms with Gasteiger partial charge >= 0.3 is 0 Å². The molecule has 15 heavy (non-hydrogen) atoms. The summed E-state index contributed by atoms with van der Waals surface area (Å²) in [6, 6.07) is 8.12. The van der Waals surface area contributed by atoms with Crippen LogP contribution in [0.2, 0.25) is 0 Å². The number of rotatable bonds is 5. The zero-order chi connectivity index (χ0) is 11.3. The summed E-state index contributed by atoms with van der Waals surface area (Å²) in [6.45, 7) is 7.46. The minimum atomic E-state index is 0.181. The van der Waals surface area contributed by atoms with E-state index in [9.17, 15) is 0 Å². The van der Waals surface area contributed by atoms with Crippen molar-refractivity contribution in [2.45, 2.75) is 39.3 Å². The zero-order valence-corrected chi connectivity index (χ0v) is 10.1. The lowest BCUT2D eigenvalue weighted by atomic mass is 10.0. The molecule has 0 heterocycles. The Kier molecular flexibility index (Phi) is 4.15. The Morgan fingerprint density at radius 2 is 1.93 bits per heavy atom. The molecule has 84 valence electrons. The van der Waals surface area contributed by atoms with Crippen molar-refractivity contribution in [3.8, 4) is 5.75 Å². The second-order valence-electron chi connectivity index (χ2n) is 4.40. The van der Waals surface area contributed by atoms with Crippen molar-refractivity contribution >= 4 is 0 Å². The maximum absolute atomic E-state index is 5.30. The second kappa shape index (κ2) is 5.17. The number of nitrogens with one attached hydrogen (secondary N) is 1. The summed E-state index contributed by atoms with van der Waals surface area (Å²) in [5.41, 5.74) is 1.39. The van der Waals surface area contributed by atoms with Gasteiger partial charge in [-0.2, -0.15) is 0 Å². The van der Waals surface area contributed by atoms with Gasteiger partial charge in [0, 0.05) is 17.6 Å². The third-order valence-corrected chi connectivity index (χ3v) is 2.83. The van der Waals surface area contributed by atoms with Crippen LogP contribution >= 0.6 is 0 Å². The Bertz CT molecular complexity index is 307. The largest absolute Gasteiger partial charge is 0.496 e. The molecule has 1 aromatic carbocycles. The van der Waals surface area contributed by atoms with Crippen LogP contribution < -0.4 is 10.1 Å². The van der Waals surface area contributed by atoms with E-state index in [2.05, 4.69) is 32.2 Å². The van der Waals surface area contributed by atoms with Gasteiger partial charge in [-0.1, -0.05) is 25.1 Å². The summed E-state index contributed by atoms with van der Waals surface area (Å²) in [5, 5.41) is 3.52. The van der Waals surface area contributed by atoms with E-state index >= 15 is 0 Å². The number of ether oxygens (including phenoxy) is 1. The lowest BCUT2D eigenvalue weighted by Crippen LogP contribution is -2.37. The molecule has 0 atom stereocenters. The lowest BCUT2D eigenvalue weighted by molar-refractivity contribution is 0.364. The molecule has 0 amide bonds. The maximum Gasteiger partial charge on any atom is 0.123 e. The topological polar surface area (TPSA) is 21.3 Å². The summed E-state index contributed by atoms with van der Waals surface area (Å²) in [7, 11) is 1.71. The highest BCUT2D eigenvalue weighted by atomic mass is 16.5. The van der Waals surface area contributed by atoms with Crippen LogP contribution in [0.25, 0.3) is 0 Å². The Morgan fingerprint density at radius 3 is 2.53 bits per heavy atom. The van der Waals surface area contributed by atoms with Gasteiger partial charge in [0.05, 0.1) is 7.11 Å². The second-order valence-corrected chi connectivity index (χ2v) is 4.40. The Morgan fingerprint density at radius 1 is 1.27 bits per heavy atom. The van der Waals surface area contributed by atoms with Crippen molar-refractivity contribution in [2.24, 2.45) is 0 Å². The number of methoxy groups -OCH3 is 1. The number of benzene rings is 1. The Hall–Kier alpha value is -1.02. The van der Waals surface area contributed by atoms with Crippen molar-refractivity contribution in [3.05, 3.63) is 29.8 Å². The van der Waals surface area contributed by atoms with E-state index in [0.29, 0.717) is 0 Å². The molecule has 0 aliphatic carbocycles. The van der Waals surface area contributed by atoms with Gasteiger partial charge in [-0.25, -0.2) is 0 Å². The molecule has 0 spiro atoms. The highest BCUT2D eigenvalue weighted by molar-refractivity contribution is 5.33. The highest BCUT2D eigenvalue weighted by Gasteiger charge is 2.14. The van der Waals surface area contributed by atoms with Crippen LogP contribution in [0.1, 0.15) is 32.8 Å². The molecular weight excluding hydrogens is 186 g/mol. The zero-order valence-electron chi connectivity index (χ0n) is 10.1. The normalized spacial score (nSPS) is 11.5. The van der Waals surface area contributed by atoms with Gasteiger partial charge in [0.25, 0.3) is 0 Å². The fourth-order valence-corrected chi connectivity index (χ4v) is 1.31. The summed E-state index contributed by atoms with van der Waals surface area (Å²) in [6.07, 6.45) is 1.11. The summed E-state index contributed by atoms with van der Waals surface area (Å²) in [4.78, 5) is 0. The first-order valence-electron chi connectivity index (χ1n) is 5.46. The summed E-state index contributed by atoms with van der Waals surface area (Å²) in [5.74, 6) is 0.955. The van der Waals surface area contributed by atoms with Gasteiger partial charge in [0.1, 0.15) is 5.75 Å².